The van der Waals surface area contributed by atoms with Crippen molar-refractivity contribution in [2.75, 3.05) is 6.54 Å². The van der Waals surface area contributed by atoms with Crippen molar-refractivity contribution in [3.05, 3.63) is 65.0 Å². The van der Waals surface area contributed by atoms with Crippen molar-refractivity contribution in [2.45, 2.75) is 13.5 Å². The molecule has 3 heteroatoms. The molecule has 0 fully saturated rings. The van der Waals surface area contributed by atoms with E-state index in [9.17, 15) is 4.39 Å². The maximum atomic E-state index is 13.2. The molecule has 0 bridgehead atoms. The van der Waals surface area contributed by atoms with Crippen molar-refractivity contribution in [3.63, 3.8) is 0 Å². The molecule has 0 aromatic heterocycles. The Hall–Kier alpha value is -2.31. The number of benzene rings is 2. The summed E-state index contributed by atoms with van der Waals surface area (Å²) >= 11 is 0. The molecule has 2 rings (SSSR count). The molecular weight excluding hydrogens is 253 g/mol. The molecule has 0 atom stereocenters. The third-order valence-electron chi connectivity index (χ3n) is 2.81. The van der Waals surface area contributed by atoms with Crippen LogP contribution in [0.15, 0.2) is 42.5 Å². The second-order valence-corrected chi connectivity index (χ2v) is 4.41. The molecule has 2 aromatic rings. The van der Waals surface area contributed by atoms with E-state index in [1.54, 1.807) is 6.07 Å². The second kappa shape index (κ2) is 6.74. The lowest BCUT2D eigenvalue weighted by Crippen LogP contribution is -2.00. The predicted octanol–water partition coefficient (Wildman–Crippen LogP) is 3.02. The minimum Gasteiger partial charge on any atom is -0.489 e. The van der Waals surface area contributed by atoms with Crippen molar-refractivity contribution >= 4 is 0 Å². The van der Waals surface area contributed by atoms with Crippen LogP contribution in [0.3, 0.4) is 0 Å². The molecule has 0 radical (unpaired) electrons. The zero-order valence-corrected chi connectivity index (χ0v) is 11.3. The van der Waals surface area contributed by atoms with Gasteiger partial charge in [0, 0.05) is 11.1 Å². The van der Waals surface area contributed by atoms with Crippen molar-refractivity contribution in [2.24, 2.45) is 5.73 Å². The van der Waals surface area contributed by atoms with Crippen LogP contribution >= 0.6 is 0 Å². The number of halogens is 1. The van der Waals surface area contributed by atoms with E-state index in [1.165, 1.54) is 17.7 Å². The summed E-state index contributed by atoms with van der Waals surface area (Å²) in [7, 11) is 0. The molecule has 0 spiro atoms. The van der Waals surface area contributed by atoms with Crippen LogP contribution in [0.4, 0.5) is 4.39 Å². The van der Waals surface area contributed by atoms with Gasteiger partial charge in [-0.15, -0.1) is 0 Å². The SMILES string of the molecule is Cc1ccc(OCc2ccc(F)cc2C#CCN)cc1. The molecule has 2 aromatic carbocycles. The zero-order valence-electron chi connectivity index (χ0n) is 11.3. The van der Waals surface area contributed by atoms with E-state index in [0.29, 0.717) is 12.2 Å². The normalized spacial score (nSPS) is 9.75. The average molecular weight is 269 g/mol. The van der Waals surface area contributed by atoms with Crippen molar-refractivity contribution < 1.29 is 9.13 Å². The van der Waals surface area contributed by atoms with Crippen LogP contribution in [0.25, 0.3) is 0 Å². The first-order valence-electron chi connectivity index (χ1n) is 6.36. The van der Waals surface area contributed by atoms with Crippen molar-refractivity contribution in [1.29, 1.82) is 0 Å². The van der Waals surface area contributed by atoms with Crippen LogP contribution < -0.4 is 10.5 Å². The van der Waals surface area contributed by atoms with Gasteiger partial charge < -0.3 is 10.5 Å². The van der Waals surface area contributed by atoms with Gasteiger partial charge in [-0.05, 0) is 31.2 Å². The van der Waals surface area contributed by atoms with Crippen LogP contribution in [0, 0.1) is 24.6 Å². The van der Waals surface area contributed by atoms with Crippen LogP contribution in [-0.2, 0) is 6.61 Å². The van der Waals surface area contributed by atoms with Gasteiger partial charge in [0.05, 0.1) is 6.54 Å². The highest BCUT2D eigenvalue weighted by molar-refractivity contribution is 5.42. The van der Waals surface area contributed by atoms with E-state index in [1.807, 2.05) is 31.2 Å². The topological polar surface area (TPSA) is 35.2 Å². The highest BCUT2D eigenvalue weighted by Gasteiger charge is 2.03. The molecule has 0 unspecified atom stereocenters. The van der Waals surface area contributed by atoms with Gasteiger partial charge in [0.15, 0.2) is 0 Å². The molecule has 0 saturated heterocycles. The maximum absolute atomic E-state index is 13.2. The molecule has 0 aliphatic rings. The number of hydrogen-bond acceptors (Lipinski definition) is 2. The Kier molecular flexibility index (Phi) is 4.75. The Labute approximate surface area is 118 Å². The second-order valence-electron chi connectivity index (χ2n) is 4.41. The Morgan fingerprint density at radius 2 is 1.90 bits per heavy atom. The van der Waals surface area contributed by atoms with Crippen LogP contribution in [-0.4, -0.2) is 6.54 Å². The van der Waals surface area contributed by atoms with Gasteiger partial charge in [0.2, 0.25) is 0 Å². The molecular formula is C17H16FNO. The Morgan fingerprint density at radius 1 is 1.15 bits per heavy atom. The van der Waals surface area contributed by atoms with Gasteiger partial charge in [-0.3, -0.25) is 0 Å². The smallest absolute Gasteiger partial charge is 0.124 e. The van der Waals surface area contributed by atoms with Crippen LogP contribution in [0.5, 0.6) is 5.75 Å². The van der Waals surface area contributed by atoms with Gasteiger partial charge in [-0.2, -0.15) is 0 Å². The third-order valence-corrected chi connectivity index (χ3v) is 2.81. The molecule has 20 heavy (non-hydrogen) atoms. The summed E-state index contributed by atoms with van der Waals surface area (Å²) in [5.41, 5.74) is 7.97. The highest BCUT2D eigenvalue weighted by atomic mass is 19.1. The lowest BCUT2D eigenvalue weighted by molar-refractivity contribution is 0.305. The summed E-state index contributed by atoms with van der Waals surface area (Å²) in [6, 6.07) is 12.3. The fourth-order valence-electron chi connectivity index (χ4n) is 1.73. The Morgan fingerprint density at radius 3 is 2.60 bits per heavy atom. The maximum Gasteiger partial charge on any atom is 0.124 e. The third kappa shape index (κ3) is 3.84. The monoisotopic (exact) mass is 269 g/mol. The summed E-state index contributed by atoms with van der Waals surface area (Å²) in [5, 5.41) is 0. The zero-order chi connectivity index (χ0) is 14.4. The first kappa shape index (κ1) is 14.1. The predicted molar refractivity (Wildman–Crippen MR) is 77.8 cm³/mol. The minimum absolute atomic E-state index is 0.245. The lowest BCUT2D eigenvalue weighted by Gasteiger charge is -2.08. The standard InChI is InChI=1S/C17H16FNO/c1-13-4-8-17(9-5-13)20-12-15-6-7-16(18)11-14(15)3-2-10-19/h4-9,11H,10,12,19H2,1H3. The van der Waals surface area contributed by atoms with Crippen molar-refractivity contribution in [1.82, 2.24) is 0 Å². The summed E-state index contributed by atoms with van der Waals surface area (Å²) in [4.78, 5) is 0. The summed E-state index contributed by atoms with van der Waals surface area (Å²) in [6.45, 7) is 2.61. The number of aryl methyl sites for hydroxylation is 1. The van der Waals surface area contributed by atoms with Gasteiger partial charge in [0.1, 0.15) is 18.2 Å². The van der Waals surface area contributed by atoms with E-state index < -0.39 is 0 Å². The number of nitrogens with two attached hydrogens (primary N) is 1. The fourth-order valence-corrected chi connectivity index (χ4v) is 1.73. The Bertz CT molecular complexity index is 638. The van der Waals surface area contributed by atoms with Crippen LogP contribution in [0.2, 0.25) is 0 Å². The van der Waals surface area contributed by atoms with Gasteiger partial charge in [-0.25, -0.2) is 4.39 Å². The largest absolute Gasteiger partial charge is 0.489 e. The van der Waals surface area contributed by atoms with E-state index in [0.717, 1.165) is 11.3 Å². The van der Waals surface area contributed by atoms with E-state index in [4.69, 9.17) is 10.5 Å². The molecule has 0 saturated carbocycles. The first-order valence-corrected chi connectivity index (χ1v) is 6.36. The summed E-state index contributed by atoms with van der Waals surface area (Å²) < 4.78 is 18.9. The average Bonchev–Trinajstić information content (AvgIpc) is 2.46. The van der Waals surface area contributed by atoms with Crippen LogP contribution in [0.1, 0.15) is 16.7 Å². The Balaban J connectivity index is 2.14. The molecule has 0 heterocycles. The van der Waals surface area contributed by atoms with Gasteiger partial charge in [-0.1, -0.05) is 35.6 Å². The molecule has 0 aliphatic heterocycles. The van der Waals surface area contributed by atoms with E-state index in [-0.39, 0.29) is 12.4 Å². The molecule has 0 aliphatic carbocycles. The highest BCUT2D eigenvalue weighted by Crippen LogP contribution is 2.16. The number of ether oxygens (including phenoxy) is 1. The molecule has 102 valence electrons. The minimum atomic E-state index is -0.314. The summed E-state index contributed by atoms with van der Waals surface area (Å²) in [6.07, 6.45) is 0. The summed E-state index contributed by atoms with van der Waals surface area (Å²) in [5.74, 6) is 6.06. The quantitative estimate of drug-likeness (QED) is 0.869. The number of rotatable bonds is 3. The first-order chi connectivity index (χ1) is 9.69. The van der Waals surface area contributed by atoms with Crippen molar-refractivity contribution in [3.8, 4) is 17.6 Å². The van der Waals surface area contributed by atoms with Gasteiger partial charge in [0.25, 0.3) is 0 Å². The van der Waals surface area contributed by atoms with Gasteiger partial charge >= 0.3 is 0 Å². The van der Waals surface area contributed by atoms with E-state index in [2.05, 4.69) is 11.8 Å². The van der Waals surface area contributed by atoms with E-state index >= 15 is 0 Å². The molecule has 2 N–H and O–H groups in total. The fraction of sp³-hybridized carbons (Fsp3) is 0.176. The number of hydrogen-bond donors (Lipinski definition) is 1. The molecule has 0 amide bonds. The lowest BCUT2D eigenvalue weighted by atomic mass is 10.1. The molecule has 2 nitrogen and oxygen atoms in total.